The molecule has 1 rings (SSSR count). The van der Waals surface area contributed by atoms with Gasteiger partial charge in [-0.1, -0.05) is 64.2 Å². The Hall–Kier alpha value is -0.330. The second-order valence-corrected chi connectivity index (χ2v) is 5.31. The van der Waals surface area contributed by atoms with Crippen molar-refractivity contribution in [3.05, 3.63) is 0 Å². The lowest BCUT2D eigenvalue weighted by Crippen LogP contribution is -1.99. The van der Waals surface area contributed by atoms with Crippen LogP contribution in [0.25, 0.3) is 0 Å². The van der Waals surface area contributed by atoms with Crippen molar-refractivity contribution >= 4 is 5.71 Å². The van der Waals surface area contributed by atoms with Gasteiger partial charge >= 0.3 is 0 Å². The third kappa shape index (κ3) is 7.90. The van der Waals surface area contributed by atoms with Gasteiger partial charge in [-0.3, -0.25) is 0 Å². The van der Waals surface area contributed by atoms with Crippen LogP contribution >= 0.6 is 0 Å². The van der Waals surface area contributed by atoms with Crippen molar-refractivity contribution in [1.82, 2.24) is 5.41 Å². The summed E-state index contributed by atoms with van der Waals surface area (Å²) in [6.07, 6.45) is 18.2. The molecule has 0 heterocycles. The van der Waals surface area contributed by atoms with E-state index in [1.54, 1.807) is 0 Å². The number of nitrogens with zero attached hydrogens (tertiary/aromatic N) is 1. The van der Waals surface area contributed by atoms with Crippen LogP contribution in [0.4, 0.5) is 0 Å². The zero-order chi connectivity index (χ0) is 11.5. The van der Waals surface area contributed by atoms with Crippen molar-refractivity contribution in [3.8, 4) is 0 Å². The Morgan fingerprint density at radius 1 is 0.438 bits per heavy atom. The summed E-state index contributed by atoms with van der Waals surface area (Å²) in [7, 11) is 0. The maximum atomic E-state index is 9.69. The minimum absolute atomic E-state index is 0.759. The molecular formula is C15H28N. The molecule has 0 saturated heterocycles. The zero-order valence-electron chi connectivity index (χ0n) is 10.8. The maximum absolute atomic E-state index is 9.69. The van der Waals surface area contributed by atoms with Crippen molar-refractivity contribution in [2.24, 2.45) is 0 Å². The molecule has 0 bridgehead atoms. The number of hydrogen-bond donors (Lipinski definition) is 0. The fourth-order valence-corrected chi connectivity index (χ4v) is 2.55. The quantitative estimate of drug-likeness (QED) is 0.567. The van der Waals surface area contributed by atoms with Crippen LogP contribution in [-0.2, 0) is 0 Å². The van der Waals surface area contributed by atoms with Crippen LogP contribution in [0.1, 0.15) is 89.9 Å². The number of hydrogen-bond acceptors (Lipinski definition) is 0. The summed E-state index contributed by atoms with van der Waals surface area (Å²) in [5.74, 6) is 0. The summed E-state index contributed by atoms with van der Waals surface area (Å²) in [6.45, 7) is 0. The Balaban J connectivity index is 2.13. The highest BCUT2D eigenvalue weighted by molar-refractivity contribution is 5.82. The predicted octanol–water partition coefficient (Wildman–Crippen LogP) is 4.70. The Labute approximate surface area is 102 Å². The Bertz CT molecular complexity index is 156. The monoisotopic (exact) mass is 222 g/mol. The summed E-state index contributed by atoms with van der Waals surface area (Å²) in [4.78, 5) is 0. The van der Waals surface area contributed by atoms with Crippen LogP contribution < -0.4 is 5.41 Å². The highest BCUT2D eigenvalue weighted by Crippen LogP contribution is 2.14. The van der Waals surface area contributed by atoms with E-state index in [9.17, 15) is 5.41 Å². The van der Waals surface area contributed by atoms with E-state index in [-0.39, 0.29) is 0 Å². The molecule has 0 aromatic rings. The molecule has 0 amide bonds. The van der Waals surface area contributed by atoms with E-state index in [1.165, 1.54) is 77.0 Å². The second-order valence-electron chi connectivity index (χ2n) is 5.31. The van der Waals surface area contributed by atoms with Crippen molar-refractivity contribution in [2.75, 3.05) is 0 Å². The first-order valence-corrected chi connectivity index (χ1v) is 7.43. The van der Waals surface area contributed by atoms with Crippen LogP contribution in [0.15, 0.2) is 0 Å². The molecule has 1 aliphatic carbocycles. The van der Waals surface area contributed by atoms with Gasteiger partial charge in [-0.2, -0.15) is 5.41 Å². The molecule has 0 aromatic carbocycles. The van der Waals surface area contributed by atoms with E-state index in [1.807, 2.05) is 0 Å². The first-order chi connectivity index (χ1) is 7.89. The lowest BCUT2D eigenvalue weighted by atomic mass is 10.0. The molecule has 1 fully saturated rings. The minimum atomic E-state index is 0.759. The van der Waals surface area contributed by atoms with E-state index >= 15 is 0 Å². The van der Waals surface area contributed by atoms with Crippen LogP contribution in [0.2, 0.25) is 0 Å². The fourth-order valence-electron chi connectivity index (χ4n) is 2.55. The maximum Gasteiger partial charge on any atom is 0.0405 e. The molecule has 16 heavy (non-hydrogen) atoms. The van der Waals surface area contributed by atoms with Gasteiger partial charge in [0.1, 0.15) is 0 Å². The van der Waals surface area contributed by atoms with Crippen LogP contribution in [-0.4, -0.2) is 5.71 Å². The van der Waals surface area contributed by atoms with Crippen LogP contribution in [0.3, 0.4) is 0 Å². The van der Waals surface area contributed by atoms with Crippen molar-refractivity contribution in [2.45, 2.75) is 89.9 Å². The summed E-state index contributed by atoms with van der Waals surface area (Å²) >= 11 is 0. The topological polar surface area (TPSA) is 22.3 Å². The Kier molecular flexibility index (Phi) is 8.47. The standard InChI is InChI=1S/C15H28N/c16-15-13-11-9-7-5-3-1-2-4-6-8-10-12-14-15/h1-14H2. The van der Waals surface area contributed by atoms with Crippen LogP contribution in [0.5, 0.6) is 0 Å². The van der Waals surface area contributed by atoms with Gasteiger partial charge in [0, 0.05) is 5.71 Å². The smallest absolute Gasteiger partial charge is 0.0405 e. The van der Waals surface area contributed by atoms with E-state index in [4.69, 9.17) is 0 Å². The molecule has 1 nitrogen and oxygen atoms in total. The van der Waals surface area contributed by atoms with Gasteiger partial charge in [0.25, 0.3) is 0 Å². The third-order valence-electron chi connectivity index (χ3n) is 3.68. The van der Waals surface area contributed by atoms with E-state index in [0.29, 0.717) is 0 Å². The molecular weight excluding hydrogens is 194 g/mol. The molecule has 1 radical (unpaired) electrons. The van der Waals surface area contributed by atoms with Crippen molar-refractivity contribution < 1.29 is 0 Å². The zero-order valence-corrected chi connectivity index (χ0v) is 10.8. The molecule has 0 unspecified atom stereocenters. The lowest BCUT2D eigenvalue weighted by Gasteiger charge is -2.02. The van der Waals surface area contributed by atoms with E-state index in [0.717, 1.165) is 18.6 Å². The average Bonchev–Trinajstić information content (AvgIpc) is 2.29. The lowest BCUT2D eigenvalue weighted by molar-refractivity contribution is 0.548. The first kappa shape index (κ1) is 13.7. The molecule has 0 spiro atoms. The SMILES string of the molecule is [N]=C1CCCCCCCCCCCCCC1. The fraction of sp³-hybridized carbons (Fsp3) is 0.933. The van der Waals surface area contributed by atoms with Gasteiger partial charge < -0.3 is 0 Å². The molecule has 0 N–H and O–H groups in total. The van der Waals surface area contributed by atoms with Gasteiger partial charge in [-0.15, -0.1) is 0 Å². The Morgan fingerprint density at radius 2 is 0.688 bits per heavy atom. The highest BCUT2D eigenvalue weighted by Gasteiger charge is 2.00. The molecule has 0 atom stereocenters. The third-order valence-corrected chi connectivity index (χ3v) is 3.68. The largest absolute Gasteiger partial charge is 0.160 e. The highest BCUT2D eigenvalue weighted by atomic mass is 14.4. The minimum Gasteiger partial charge on any atom is -0.160 e. The van der Waals surface area contributed by atoms with Gasteiger partial charge in [0.15, 0.2) is 0 Å². The van der Waals surface area contributed by atoms with E-state index < -0.39 is 0 Å². The summed E-state index contributed by atoms with van der Waals surface area (Å²) in [5.41, 5.74) is 0.759. The summed E-state index contributed by atoms with van der Waals surface area (Å²) in [5, 5.41) is 9.69. The van der Waals surface area contributed by atoms with E-state index in [2.05, 4.69) is 0 Å². The average molecular weight is 222 g/mol. The molecule has 1 aliphatic rings. The molecule has 1 saturated carbocycles. The van der Waals surface area contributed by atoms with Crippen LogP contribution in [0, 0.1) is 0 Å². The Morgan fingerprint density at radius 3 is 1.00 bits per heavy atom. The molecule has 1 heteroatoms. The van der Waals surface area contributed by atoms with Gasteiger partial charge in [-0.05, 0) is 25.7 Å². The summed E-state index contributed by atoms with van der Waals surface area (Å²) < 4.78 is 0. The first-order valence-electron chi connectivity index (χ1n) is 7.43. The normalized spacial score (nSPS) is 23.4. The molecule has 0 aliphatic heterocycles. The van der Waals surface area contributed by atoms with Gasteiger partial charge in [0.05, 0.1) is 0 Å². The second kappa shape index (κ2) is 9.86. The molecule has 0 aromatic heterocycles. The molecule has 93 valence electrons. The van der Waals surface area contributed by atoms with Gasteiger partial charge in [0.2, 0.25) is 0 Å². The number of rotatable bonds is 0. The summed E-state index contributed by atoms with van der Waals surface area (Å²) in [6, 6.07) is 0. The van der Waals surface area contributed by atoms with Crippen molar-refractivity contribution in [1.29, 1.82) is 0 Å². The van der Waals surface area contributed by atoms with Gasteiger partial charge in [-0.25, -0.2) is 0 Å². The van der Waals surface area contributed by atoms with Crippen molar-refractivity contribution in [3.63, 3.8) is 0 Å². The predicted molar refractivity (Wildman–Crippen MR) is 71.8 cm³/mol.